The van der Waals surface area contributed by atoms with Gasteiger partial charge >= 0.3 is 0 Å². The van der Waals surface area contributed by atoms with Crippen LogP contribution in [0, 0.1) is 5.92 Å². The fraction of sp³-hybridized carbons (Fsp3) is 0.542. The quantitative estimate of drug-likeness (QED) is 0.764. The van der Waals surface area contributed by atoms with Crippen LogP contribution in [0.4, 0.5) is 0 Å². The SMILES string of the molecule is O=C(NCCc1cccnc1)[C@@H]1CCCN(C2CCN(Cc3ccncc3)CC2)C1. The molecule has 2 aromatic heterocycles. The highest BCUT2D eigenvalue weighted by atomic mass is 16.1. The maximum absolute atomic E-state index is 12.7. The Morgan fingerprint density at radius 1 is 1.00 bits per heavy atom. The number of carbonyl (C=O) groups is 1. The predicted octanol–water partition coefficient (Wildman–Crippen LogP) is 2.51. The lowest BCUT2D eigenvalue weighted by atomic mass is 9.93. The normalized spacial score (nSPS) is 21.4. The molecule has 1 N–H and O–H groups in total. The summed E-state index contributed by atoms with van der Waals surface area (Å²) in [5.41, 5.74) is 2.51. The molecule has 2 aliphatic heterocycles. The zero-order chi connectivity index (χ0) is 20.6. The van der Waals surface area contributed by atoms with Crippen molar-refractivity contribution in [3.63, 3.8) is 0 Å². The molecule has 2 aliphatic rings. The minimum atomic E-state index is 0.127. The molecule has 0 aromatic carbocycles. The first-order chi connectivity index (χ1) is 14.8. The third-order valence-corrected chi connectivity index (χ3v) is 6.49. The summed E-state index contributed by atoms with van der Waals surface area (Å²) in [7, 11) is 0. The smallest absolute Gasteiger partial charge is 0.224 e. The van der Waals surface area contributed by atoms with Crippen molar-refractivity contribution >= 4 is 5.91 Å². The first-order valence-electron chi connectivity index (χ1n) is 11.3. The summed E-state index contributed by atoms with van der Waals surface area (Å²) in [4.78, 5) is 26.1. The van der Waals surface area contributed by atoms with Crippen LogP contribution in [0.3, 0.4) is 0 Å². The number of aromatic nitrogens is 2. The van der Waals surface area contributed by atoms with E-state index in [1.807, 2.05) is 24.7 Å². The molecule has 2 aromatic rings. The average Bonchev–Trinajstić information content (AvgIpc) is 2.81. The molecule has 4 heterocycles. The standard InChI is InChI=1S/C24H33N5O/c30-24(27-13-7-20-3-1-10-26-17-20)22-4-2-14-29(19-22)23-8-15-28(16-9-23)18-21-5-11-25-12-6-21/h1,3,5-6,10-12,17,22-23H,2,4,7-9,13-16,18-19H2,(H,27,30)/t22-/m1/s1. The third-order valence-electron chi connectivity index (χ3n) is 6.49. The van der Waals surface area contributed by atoms with Gasteiger partial charge in [0.15, 0.2) is 0 Å². The van der Waals surface area contributed by atoms with E-state index < -0.39 is 0 Å². The molecule has 0 radical (unpaired) electrons. The zero-order valence-corrected chi connectivity index (χ0v) is 17.7. The van der Waals surface area contributed by atoms with Gasteiger partial charge in [0, 0.05) is 50.5 Å². The maximum atomic E-state index is 12.7. The highest BCUT2D eigenvalue weighted by Gasteiger charge is 2.31. The summed E-state index contributed by atoms with van der Waals surface area (Å²) in [6, 6.07) is 8.83. The molecule has 0 spiro atoms. The molecular formula is C24H33N5O. The lowest BCUT2D eigenvalue weighted by molar-refractivity contribution is -0.127. The van der Waals surface area contributed by atoms with Crippen LogP contribution in [-0.2, 0) is 17.8 Å². The van der Waals surface area contributed by atoms with Crippen molar-refractivity contribution in [3.8, 4) is 0 Å². The molecule has 0 unspecified atom stereocenters. The number of nitrogens with one attached hydrogen (secondary N) is 1. The van der Waals surface area contributed by atoms with E-state index in [0.29, 0.717) is 12.6 Å². The largest absolute Gasteiger partial charge is 0.355 e. The molecule has 6 nitrogen and oxygen atoms in total. The van der Waals surface area contributed by atoms with Crippen LogP contribution in [0.25, 0.3) is 0 Å². The number of piperidine rings is 2. The highest BCUT2D eigenvalue weighted by Crippen LogP contribution is 2.24. The highest BCUT2D eigenvalue weighted by molar-refractivity contribution is 5.79. The summed E-state index contributed by atoms with van der Waals surface area (Å²) in [6.45, 7) is 6.00. The van der Waals surface area contributed by atoms with E-state index in [-0.39, 0.29) is 11.8 Å². The topological polar surface area (TPSA) is 61.4 Å². The number of hydrogen-bond acceptors (Lipinski definition) is 5. The number of pyridine rings is 2. The van der Waals surface area contributed by atoms with E-state index in [4.69, 9.17) is 0 Å². The fourth-order valence-electron chi connectivity index (χ4n) is 4.76. The molecule has 2 saturated heterocycles. The van der Waals surface area contributed by atoms with Crippen LogP contribution in [-0.4, -0.2) is 64.4 Å². The van der Waals surface area contributed by atoms with E-state index in [2.05, 4.69) is 43.3 Å². The van der Waals surface area contributed by atoms with Gasteiger partial charge < -0.3 is 5.32 Å². The van der Waals surface area contributed by atoms with Crippen molar-refractivity contribution in [2.45, 2.75) is 44.7 Å². The van der Waals surface area contributed by atoms with Gasteiger partial charge in [0.1, 0.15) is 0 Å². The second-order valence-corrected chi connectivity index (χ2v) is 8.60. The summed E-state index contributed by atoms with van der Waals surface area (Å²) >= 11 is 0. The van der Waals surface area contributed by atoms with E-state index in [1.54, 1.807) is 6.20 Å². The molecular weight excluding hydrogens is 374 g/mol. The Labute approximate surface area is 179 Å². The Morgan fingerprint density at radius 3 is 2.60 bits per heavy atom. The van der Waals surface area contributed by atoms with Gasteiger partial charge in [0.25, 0.3) is 0 Å². The Kier molecular flexibility index (Phi) is 7.43. The Morgan fingerprint density at radius 2 is 1.83 bits per heavy atom. The second-order valence-electron chi connectivity index (χ2n) is 8.60. The van der Waals surface area contributed by atoms with E-state index >= 15 is 0 Å². The monoisotopic (exact) mass is 407 g/mol. The fourth-order valence-corrected chi connectivity index (χ4v) is 4.76. The molecule has 0 bridgehead atoms. The van der Waals surface area contributed by atoms with Gasteiger partial charge in [0.05, 0.1) is 5.92 Å². The first kappa shape index (κ1) is 20.9. The van der Waals surface area contributed by atoms with Gasteiger partial charge in [-0.25, -0.2) is 0 Å². The average molecular weight is 408 g/mol. The lowest BCUT2D eigenvalue weighted by Crippen LogP contribution is -2.50. The van der Waals surface area contributed by atoms with Gasteiger partial charge in [-0.1, -0.05) is 6.07 Å². The molecule has 160 valence electrons. The maximum Gasteiger partial charge on any atom is 0.224 e. The van der Waals surface area contributed by atoms with Crippen molar-refractivity contribution in [3.05, 3.63) is 60.2 Å². The van der Waals surface area contributed by atoms with Crippen molar-refractivity contribution in [1.82, 2.24) is 25.1 Å². The summed E-state index contributed by atoms with van der Waals surface area (Å²) in [5, 5.41) is 3.15. The molecule has 4 rings (SSSR count). The number of rotatable bonds is 7. The van der Waals surface area contributed by atoms with Crippen LogP contribution < -0.4 is 5.32 Å². The van der Waals surface area contributed by atoms with E-state index in [9.17, 15) is 4.79 Å². The molecule has 0 aliphatic carbocycles. The summed E-state index contributed by atoms with van der Waals surface area (Å²) in [5.74, 6) is 0.348. The second kappa shape index (κ2) is 10.6. The number of amides is 1. The van der Waals surface area contributed by atoms with Gasteiger partial charge in [-0.3, -0.25) is 24.6 Å². The van der Waals surface area contributed by atoms with Gasteiger partial charge in [0.2, 0.25) is 5.91 Å². The Balaban J connectivity index is 1.20. The third kappa shape index (κ3) is 5.86. The van der Waals surface area contributed by atoms with E-state index in [1.165, 1.54) is 24.0 Å². The van der Waals surface area contributed by atoms with Gasteiger partial charge in [-0.15, -0.1) is 0 Å². The molecule has 2 fully saturated rings. The minimum absolute atomic E-state index is 0.127. The number of nitrogens with zero attached hydrogens (tertiary/aromatic N) is 4. The van der Waals surface area contributed by atoms with Crippen molar-refractivity contribution in [1.29, 1.82) is 0 Å². The van der Waals surface area contributed by atoms with Crippen molar-refractivity contribution in [2.24, 2.45) is 5.92 Å². The Bertz CT molecular complexity index is 777. The van der Waals surface area contributed by atoms with Crippen molar-refractivity contribution in [2.75, 3.05) is 32.7 Å². The molecule has 30 heavy (non-hydrogen) atoms. The van der Waals surface area contributed by atoms with Crippen LogP contribution in [0.15, 0.2) is 49.1 Å². The minimum Gasteiger partial charge on any atom is -0.355 e. The van der Waals surface area contributed by atoms with Crippen molar-refractivity contribution < 1.29 is 4.79 Å². The summed E-state index contributed by atoms with van der Waals surface area (Å²) < 4.78 is 0. The lowest BCUT2D eigenvalue weighted by Gasteiger charge is -2.42. The zero-order valence-electron chi connectivity index (χ0n) is 17.7. The van der Waals surface area contributed by atoms with Gasteiger partial charge in [-0.05, 0) is 81.1 Å². The van der Waals surface area contributed by atoms with Crippen LogP contribution in [0.2, 0.25) is 0 Å². The molecule has 1 atom stereocenters. The molecule has 6 heteroatoms. The van der Waals surface area contributed by atoms with Crippen LogP contribution >= 0.6 is 0 Å². The predicted molar refractivity (Wildman–Crippen MR) is 118 cm³/mol. The first-order valence-corrected chi connectivity index (χ1v) is 11.3. The van der Waals surface area contributed by atoms with Gasteiger partial charge in [-0.2, -0.15) is 0 Å². The molecule has 1 amide bonds. The molecule has 0 saturated carbocycles. The number of carbonyl (C=O) groups excluding carboxylic acids is 1. The number of hydrogen-bond donors (Lipinski definition) is 1. The van der Waals surface area contributed by atoms with E-state index in [0.717, 1.165) is 52.0 Å². The summed E-state index contributed by atoms with van der Waals surface area (Å²) in [6.07, 6.45) is 12.8. The van der Waals surface area contributed by atoms with Crippen LogP contribution in [0.5, 0.6) is 0 Å². The Hall–Kier alpha value is -2.31. The number of likely N-dealkylation sites (tertiary alicyclic amines) is 2. The van der Waals surface area contributed by atoms with Crippen LogP contribution in [0.1, 0.15) is 36.8 Å².